The van der Waals surface area contributed by atoms with Gasteiger partial charge in [-0.1, -0.05) is 6.08 Å². The Kier molecular flexibility index (Phi) is 4.79. The lowest BCUT2D eigenvalue weighted by Crippen LogP contribution is -2.06. The molecular weight excluding hydrogens is 238 g/mol. The molecule has 7 heteroatoms. The maximum absolute atomic E-state index is 11.1. The Labute approximate surface area is 104 Å². The lowest BCUT2D eigenvalue weighted by atomic mass is 10.3. The van der Waals surface area contributed by atoms with Crippen LogP contribution in [0.2, 0.25) is 0 Å². The smallest absolute Gasteiger partial charge is 0.333 e. The highest BCUT2D eigenvalue weighted by Gasteiger charge is 2.05. The standard InChI is InChI=1S/C11H13N3O4/c1-8(11(15)18-2)5-6-12-10-4-3-9(7-13-10)14(16)17/h3-5,7H,6H2,1-2H3,(H,12,13)/b8-5+. The fraction of sp³-hybridized carbons (Fsp3) is 0.273. The van der Waals surface area contributed by atoms with Gasteiger partial charge in [-0.25, -0.2) is 9.78 Å². The number of hydrogen-bond donors (Lipinski definition) is 1. The molecule has 0 aliphatic rings. The Morgan fingerprint density at radius 3 is 2.83 bits per heavy atom. The van der Waals surface area contributed by atoms with Gasteiger partial charge in [0.05, 0.1) is 12.0 Å². The molecule has 0 spiro atoms. The van der Waals surface area contributed by atoms with E-state index in [0.717, 1.165) is 0 Å². The van der Waals surface area contributed by atoms with Crippen LogP contribution in [0, 0.1) is 10.1 Å². The number of carbonyl (C=O) groups excluding carboxylic acids is 1. The van der Waals surface area contributed by atoms with Gasteiger partial charge in [0.2, 0.25) is 0 Å². The number of nitrogens with one attached hydrogen (secondary N) is 1. The van der Waals surface area contributed by atoms with Crippen LogP contribution >= 0.6 is 0 Å². The van der Waals surface area contributed by atoms with Crippen LogP contribution < -0.4 is 5.32 Å². The number of methoxy groups -OCH3 is 1. The molecule has 0 fully saturated rings. The molecule has 0 aromatic carbocycles. The number of pyridine rings is 1. The highest BCUT2D eigenvalue weighted by molar-refractivity contribution is 5.87. The van der Waals surface area contributed by atoms with E-state index in [1.807, 2.05) is 0 Å². The van der Waals surface area contributed by atoms with Crippen LogP contribution in [0.15, 0.2) is 30.0 Å². The zero-order valence-electron chi connectivity index (χ0n) is 10.0. The number of nitrogens with zero attached hydrogens (tertiary/aromatic N) is 2. The zero-order valence-corrected chi connectivity index (χ0v) is 10.0. The lowest BCUT2D eigenvalue weighted by molar-refractivity contribution is -0.385. The minimum atomic E-state index is -0.516. The second kappa shape index (κ2) is 6.33. The number of anilines is 1. The Morgan fingerprint density at radius 2 is 2.33 bits per heavy atom. The SMILES string of the molecule is COC(=O)/C(C)=C/CNc1ccc([N+](=O)[O-])cn1. The summed E-state index contributed by atoms with van der Waals surface area (Å²) >= 11 is 0. The molecule has 1 N–H and O–H groups in total. The van der Waals surface area contributed by atoms with Gasteiger partial charge in [-0.3, -0.25) is 10.1 Å². The van der Waals surface area contributed by atoms with Crippen molar-refractivity contribution in [1.82, 2.24) is 4.98 Å². The van der Waals surface area contributed by atoms with Gasteiger partial charge in [-0.05, 0) is 13.0 Å². The fourth-order valence-electron chi connectivity index (χ4n) is 1.15. The topological polar surface area (TPSA) is 94.4 Å². The number of carbonyl (C=O) groups is 1. The summed E-state index contributed by atoms with van der Waals surface area (Å²) in [6, 6.07) is 2.85. The van der Waals surface area contributed by atoms with E-state index in [1.54, 1.807) is 13.0 Å². The first-order valence-corrected chi connectivity index (χ1v) is 5.14. The molecular formula is C11H13N3O4. The zero-order chi connectivity index (χ0) is 13.5. The molecule has 7 nitrogen and oxygen atoms in total. The van der Waals surface area contributed by atoms with Crippen molar-refractivity contribution in [2.45, 2.75) is 6.92 Å². The van der Waals surface area contributed by atoms with Crippen molar-refractivity contribution in [2.75, 3.05) is 19.0 Å². The van der Waals surface area contributed by atoms with Gasteiger partial charge in [0.25, 0.3) is 5.69 Å². The van der Waals surface area contributed by atoms with Gasteiger partial charge in [-0.15, -0.1) is 0 Å². The molecule has 1 rings (SSSR count). The van der Waals surface area contributed by atoms with Crippen molar-refractivity contribution in [3.8, 4) is 0 Å². The van der Waals surface area contributed by atoms with Crippen molar-refractivity contribution in [2.24, 2.45) is 0 Å². The van der Waals surface area contributed by atoms with Gasteiger partial charge in [0.15, 0.2) is 0 Å². The van der Waals surface area contributed by atoms with Crippen LogP contribution in [-0.4, -0.2) is 29.5 Å². The molecule has 1 aromatic rings. The largest absolute Gasteiger partial charge is 0.466 e. The van der Waals surface area contributed by atoms with E-state index in [9.17, 15) is 14.9 Å². The van der Waals surface area contributed by atoms with Gasteiger partial charge in [0.1, 0.15) is 12.0 Å². The summed E-state index contributed by atoms with van der Waals surface area (Å²) in [6.45, 7) is 2.02. The molecule has 0 radical (unpaired) electrons. The summed E-state index contributed by atoms with van der Waals surface area (Å²) < 4.78 is 4.53. The quantitative estimate of drug-likeness (QED) is 0.369. The van der Waals surface area contributed by atoms with E-state index in [4.69, 9.17) is 0 Å². The Morgan fingerprint density at radius 1 is 1.61 bits per heavy atom. The van der Waals surface area contributed by atoms with Gasteiger partial charge >= 0.3 is 5.97 Å². The predicted octanol–water partition coefficient (Wildman–Crippen LogP) is 1.52. The molecule has 0 unspecified atom stereocenters. The van der Waals surface area contributed by atoms with Crippen molar-refractivity contribution in [3.63, 3.8) is 0 Å². The highest BCUT2D eigenvalue weighted by atomic mass is 16.6. The van der Waals surface area contributed by atoms with Gasteiger partial charge in [0, 0.05) is 18.2 Å². The Bertz CT molecular complexity index is 468. The molecule has 0 saturated carbocycles. The van der Waals surface area contributed by atoms with E-state index in [0.29, 0.717) is 17.9 Å². The maximum atomic E-state index is 11.1. The van der Waals surface area contributed by atoms with Crippen LogP contribution in [0.5, 0.6) is 0 Å². The molecule has 0 aliphatic carbocycles. The van der Waals surface area contributed by atoms with Crippen LogP contribution in [0.1, 0.15) is 6.92 Å². The fourth-order valence-corrected chi connectivity index (χ4v) is 1.15. The van der Waals surface area contributed by atoms with Crippen LogP contribution in [0.25, 0.3) is 0 Å². The molecule has 0 saturated heterocycles. The first-order valence-electron chi connectivity index (χ1n) is 5.14. The summed E-state index contributed by atoms with van der Waals surface area (Å²) in [5.74, 6) is 0.1000. The summed E-state index contributed by atoms with van der Waals surface area (Å²) in [5, 5.41) is 13.3. The summed E-state index contributed by atoms with van der Waals surface area (Å²) in [6.07, 6.45) is 2.81. The van der Waals surface area contributed by atoms with Crippen LogP contribution in [-0.2, 0) is 9.53 Å². The normalized spacial score (nSPS) is 10.9. The van der Waals surface area contributed by atoms with E-state index in [1.165, 1.54) is 25.4 Å². The van der Waals surface area contributed by atoms with Gasteiger partial charge in [-0.2, -0.15) is 0 Å². The summed E-state index contributed by atoms with van der Waals surface area (Å²) in [4.78, 5) is 24.8. The second-order valence-corrected chi connectivity index (χ2v) is 3.42. The van der Waals surface area contributed by atoms with E-state index < -0.39 is 10.9 Å². The maximum Gasteiger partial charge on any atom is 0.333 e. The number of ether oxygens (including phenoxy) is 1. The molecule has 96 valence electrons. The third-order valence-electron chi connectivity index (χ3n) is 2.16. The van der Waals surface area contributed by atoms with Crippen LogP contribution in [0.4, 0.5) is 11.5 Å². The number of rotatable bonds is 5. The molecule has 0 aliphatic heterocycles. The third kappa shape index (κ3) is 3.85. The van der Waals surface area contributed by atoms with Crippen molar-refractivity contribution >= 4 is 17.5 Å². The highest BCUT2D eigenvalue weighted by Crippen LogP contribution is 2.11. The average Bonchev–Trinajstić information content (AvgIpc) is 2.38. The average molecular weight is 251 g/mol. The van der Waals surface area contributed by atoms with Crippen molar-refractivity contribution in [1.29, 1.82) is 0 Å². The van der Waals surface area contributed by atoms with E-state index in [2.05, 4.69) is 15.0 Å². The van der Waals surface area contributed by atoms with Crippen LogP contribution in [0.3, 0.4) is 0 Å². The minimum Gasteiger partial charge on any atom is -0.466 e. The van der Waals surface area contributed by atoms with Crippen molar-refractivity contribution in [3.05, 3.63) is 40.1 Å². The molecule has 0 atom stereocenters. The minimum absolute atomic E-state index is 0.0677. The molecule has 18 heavy (non-hydrogen) atoms. The second-order valence-electron chi connectivity index (χ2n) is 3.42. The van der Waals surface area contributed by atoms with Gasteiger partial charge < -0.3 is 10.1 Å². The Balaban J connectivity index is 2.54. The summed E-state index contributed by atoms with van der Waals surface area (Å²) in [7, 11) is 1.31. The molecule has 1 aromatic heterocycles. The van der Waals surface area contributed by atoms with E-state index in [-0.39, 0.29) is 5.69 Å². The summed E-state index contributed by atoms with van der Waals surface area (Å²) in [5.41, 5.74) is 0.411. The number of nitro groups is 1. The predicted molar refractivity (Wildman–Crippen MR) is 65.2 cm³/mol. The monoisotopic (exact) mass is 251 g/mol. The van der Waals surface area contributed by atoms with Crippen molar-refractivity contribution < 1.29 is 14.5 Å². The number of esters is 1. The molecule has 0 bridgehead atoms. The first kappa shape index (κ1) is 13.6. The molecule has 0 amide bonds. The number of hydrogen-bond acceptors (Lipinski definition) is 6. The Hall–Kier alpha value is -2.44. The van der Waals surface area contributed by atoms with E-state index >= 15 is 0 Å². The number of aromatic nitrogens is 1. The lowest BCUT2D eigenvalue weighted by Gasteiger charge is -2.02. The first-order chi connectivity index (χ1) is 8.54. The third-order valence-corrected chi connectivity index (χ3v) is 2.16. The molecule has 1 heterocycles.